The summed E-state index contributed by atoms with van der Waals surface area (Å²) in [6.45, 7) is 3.41. The molecule has 1 aliphatic rings. The Kier molecular flexibility index (Phi) is 5.73. The zero-order chi connectivity index (χ0) is 14.8. The molecular formula is C12H15BrCl2N2O2S. The molecule has 4 nitrogen and oxygen atoms in total. The molecule has 0 saturated carbocycles. The first kappa shape index (κ1) is 16.5. The van der Waals surface area contributed by atoms with Gasteiger partial charge < -0.3 is 0 Å². The van der Waals surface area contributed by atoms with Gasteiger partial charge in [0, 0.05) is 38.1 Å². The van der Waals surface area contributed by atoms with E-state index in [0.717, 1.165) is 25.0 Å². The van der Waals surface area contributed by atoms with E-state index in [0.29, 0.717) is 18.1 Å². The largest absolute Gasteiger partial charge is 0.300 e. The predicted molar refractivity (Wildman–Crippen MR) is 85.5 cm³/mol. The third-order valence-corrected chi connectivity index (χ3v) is 6.25. The van der Waals surface area contributed by atoms with Crippen LogP contribution in [0.2, 0.25) is 10.0 Å². The summed E-state index contributed by atoms with van der Waals surface area (Å²) in [4.78, 5) is 2.43. The molecular weight excluding hydrogens is 387 g/mol. The van der Waals surface area contributed by atoms with Gasteiger partial charge in [-0.15, -0.1) is 0 Å². The Labute approximate surface area is 137 Å². The van der Waals surface area contributed by atoms with Crippen molar-refractivity contribution in [3.05, 3.63) is 28.2 Å². The van der Waals surface area contributed by atoms with Gasteiger partial charge in [0.15, 0.2) is 0 Å². The maximum absolute atomic E-state index is 12.5. The second-order valence-corrected chi connectivity index (χ2v) is 8.06. The van der Waals surface area contributed by atoms with E-state index in [1.165, 1.54) is 22.5 Å². The van der Waals surface area contributed by atoms with E-state index in [-0.39, 0.29) is 9.92 Å². The number of hydrogen-bond donors (Lipinski definition) is 0. The van der Waals surface area contributed by atoms with Crippen LogP contribution in [0, 0.1) is 0 Å². The number of benzene rings is 1. The highest BCUT2D eigenvalue weighted by molar-refractivity contribution is 9.09. The molecule has 0 radical (unpaired) electrons. The van der Waals surface area contributed by atoms with Gasteiger partial charge in [0.25, 0.3) is 0 Å². The van der Waals surface area contributed by atoms with E-state index in [4.69, 9.17) is 23.2 Å². The van der Waals surface area contributed by atoms with E-state index in [1.54, 1.807) is 0 Å². The molecule has 1 aromatic carbocycles. The first-order chi connectivity index (χ1) is 9.45. The second-order valence-electron chi connectivity index (χ2n) is 4.51. The van der Waals surface area contributed by atoms with E-state index in [2.05, 4.69) is 20.8 Å². The fraction of sp³-hybridized carbons (Fsp3) is 0.500. The van der Waals surface area contributed by atoms with Crippen molar-refractivity contribution in [2.75, 3.05) is 38.1 Å². The third-order valence-electron chi connectivity index (χ3n) is 3.26. The first-order valence-corrected chi connectivity index (χ1v) is 9.50. The van der Waals surface area contributed by atoms with Crippen molar-refractivity contribution < 1.29 is 8.42 Å². The SMILES string of the molecule is O=S(=O)(c1ccc(Cl)c(Cl)c1)N1CCN(CCBr)CC1. The zero-order valence-electron chi connectivity index (χ0n) is 10.7. The fourth-order valence-electron chi connectivity index (χ4n) is 2.10. The quantitative estimate of drug-likeness (QED) is 0.728. The van der Waals surface area contributed by atoms with Crippen LogP contribution in [-0.4, -0.2) is 55.7 Å². The lowest BCUT2D eigenvalue weighted by atomic mass is 10.4. The summed E-state index contributed by atoms with van der Waals surface area (Å²) in [6, 6.07) is 4.41. The third kappa shape index (κ3) is 3.67. The van der Waals surface area contributed by atoms with Gasteiger partial charge >= 0.3 is 0 Å². The molecule has 1 heterocycles. The van der Waals surface area contributed by atoms with Crippen LogP contribution in [0.15, 0.2) is 23.1 Å². The Morgan fingerprint density at radius 2 is 1.75 bits per heavy atom. The summed E-state index contributed by atoms with van der Waals surface area (Å²) >= 11 is 15.1. The van der Waals surface area contributed by atoms with Crippen LogP contribution in [0.4, 0.5) is 0 Å². The second kappa shape index (κ2) is 6.94. The van der Waals surface area contributed by atoms with Gasteiger partial charge in [0.2, 0.25) is 10.0 Å². The topological polar surface area (TPSA) is 40.6 Å². The minimum absolute atomic E-state index is 0.195. The van der Waals surface area contributed by atoms with Crippen LogP contribution in [-0.2, 0) is 10.0 Å². The molecule has 8 heteroatoms. The maximum atomic E-state index is 12.5. The molecule has 0 aliphatic carbocycles. The van der Waals surface area contributed by atoms with E-state index < -0.39 is 10.0 Å². The normalized spacial score (nSPS) is 18.4. The molecule has 1 saturated heterocycles. The van der Waals surface area contributed by atoms with Gasteiger partial charge in [0.05, 0.1) is 14.9 Å². The lowest BCUT2D eigenvalue weighted by Crippen LogP contribution is -2.48. The Bertz CT molecular complexity index is 575. The molecule has 112 valence electrons. The number of rotatable bonds is 4. The molecule has 0 amide bonds. The predicted octanol–water partition coefficient (Wildman–Crippen LogP) is 2.69. The summed E-state index contributed by atoms with van der Waals surface area (Å²) in [5.74, 6) is 0. The Hall–Kier alpha value is 0.150. The molecule has 1 aromatic rings. The summed E-state index contributed by atoms with van der Waals surface area (Å²) in [5, 5.41) is 1.51. The number of hydrogen-bond acceptors (Lipinski definition) is 3. The smallest absolute Gasteiger partial charge is 0.243 e. The molecule has 0 bridgehead atoms. The van der Waals surface area contributed by atoms with Crippen LogP contribution >= 0.6 is 39.1 Å². The van der Waals surface area contributed by atoms with E-state index in [9.17, 15) is 8.42 Å². The average Bonchev–Trinajstić information content (AvgIpc) is 2.43. The zero-order valence-corrected chi connectivity index (χ0v) is 14.6. The van der Waals surface area contributed by atoms with Crippen molar-refractivity contribution in [3.63, 3.8) is 0 Å². The Morgan fingerprint density at radius 1 is 1.10 bits per heavy atom. The van der Waals surface area contributed by atoms with E-state index >= 15 is 0 Å². The first-order valence-electron chi connectivity index (χ1n) is 6.18. The van der Waals surface area contributed by atoms with Crippen LogP contribution in [0.5, 0.6) is 0 Å². The van der Waals surface area contributed by atoms with Gasteiger partial charge in [-0.25, -0.2) is 8.42 Å². The minimum Gasteiger partial charge on any atom is -0.300 e. The number of nitrogens with zero attached hydrogens (tertiary/aromatic N) is 2. The molecule has 1 fully saturated rings. The molecule has 20 heavy (non-hydrogen) atoms. The number of halogens is 3. The summed E-state index contributed by atoms with van der Waals surface area (Å²) in [5.41, 5.74) is 0. The van der Waals surface area contributed by atoms with Crippen molar-refractivity contribution in [2.45, 2.75) is 4.90 Å². The monoisotopic (exact) mass is 400 g/mol. The molecule has 0 N–H and O–H groups in total. The number of sulfonamides is 1. The molecule has 1 aliphatic heterocycles. The maximum Gasteiger partial charge on any atom is 0.243 e. The van der Waals surface area contributed by atoms with Crippen LogP contribution in [0.1, 0.15) is 0 Å². The van der Waals surface area contributed by atoms with Crippen molar-refractivity contribution in [1.82, 2.24) is 9.21 Å². The van der Waals surface area contributed by atoms with Gasteiger partial charge in [-0.3, -0.25) is 4.90 Å². The molecule has 0 unspecified atom stereocenters. The fourth-order valence-corrected chi connectivity index (χ4v) is 4.41. The van der Waals surface area contributed by atoms with Crippen LogP contribution < -0.4 is 0 Å². The van der Waals surface area contributed by atoms with Crippen molar-refractivity contribution in [3.8, 4) is 0 Å². The summed E-state index contributed by atoms with van der Waals surface area (Å²) < 4.78 is 26.5. The van der Waals surface area contributed by atoms with E-state index in [1.807, 2.05) is 0 Å². The summed E-state index contributed by atoms with van der Waals surface area (Å²) in [7, 11) is -3.49. The highest BCUT2D eigenvalue weighted by Crippen LogP contribution is 2.26. The van der Waals surface area contributed by atoms with Crippen LogP contribution in [0.25, 0.3) is 0 Å². The average molecular weight is 402 g/mol. The number of piperazine rings is 1. The number of alkyl halides is 1. The summed E-state index contributed by atoms with van der Waals surface area (Å²) in [6.07, 6.45) is 0. The van der Waals surface area contributed by atoms with Crippen molar-refractivity contribution >= 4 is 49.2 Å². The van der Waals surface area contributed by atoms with Gasteiger partial charge in [-0.05, 0) is 18.2 Å². The van der Waals surface area contributed by atoms with Crippen molar-refractivity contribution in [2.24, 2.45) is 0 Å². The van der Waals surface area contributed by atoms with Gasteiger partial charge in [-0.1, -0.05) is 39.1 Å². The van der Waals surface area contributed by atoms with Gasteiger partial charge in [0.1, 0.15) is 0 Å². The van der Waals surface area contributed by atoms with Crippen LogP contribution in [0.3, 0.4) is 0 Å². The highest BCUT2D eigenvalue weighted by Gasteiger charge is 2.28. The minimum atomic E-state index is -3.49. The lowest BCUT2D eigenvalue weighted by Gasteiger charge is -2.33. The molecule has 0 atom stereocenters. The van der Waals surface area contributed by atoms with Crippen molar-refractivity contribution in [1.29, 1.82) is 0 Å². The Morgan fingerprint density at radius 3 is 2.30 bits per heavy atom. The lowest BCUT2D eigenvalue weighted by molar-refractivity contribution is 0.198. The molecule has 2 rings (SSSR count). The standard InChI is InChI=1S/C12H15BrCl2N2O2S/c13-3-4-16-5-7-17(8-6-16)20(18,19)10-1-2-11(14)12(15)9-10/h1-2,9H,3-8H2. The molecule has 0 spiro atoms. The van der Waals surface area contributed by atoms with Gasteiger partial charge in [-0.2, -0.15) is 4.31 Å². The Balaban J connectivity index is 2.13. The molecule has 0 aromatic heterocycles. The highest BCUT2D eigenvalue weighted by atomic mass is 79.9.